The third-order valence-corrected chi connectivity index (χ3v) is 4.67. The Labute approximate surface area is 161 Å². The van der Waals surface area contributed by atoms with E-state index >= 15 is 0 Å². The number of phenolic OH excluding ortho intramolecular Hbond substituents is 1. The molecular weight excluding hydrogens is 360 g/mol. The minimum absolute atomic E-state index is 0.0367. The van der Waals surface area contributed by atoms with E-state index in [1.165, 1.54) is 20.3 Å². The van der Waals surface area contributed by atoms with Crippen LogP contribution in [-0.4, -0.2) is 35.5 Å². The Bertz CT molecular complexity index is 1010. The molecule has 0 aliphatic rings. The molecule has 7 heteroatoms. The summed E-state index contributed by atoms with van der Waals surface area (Å²) in [7, 11) is 2.76. The third kappa shape index (κ3) is 4.09. The number of esters is 1. The number of methoxy groups -OCH3 is 2. The van der Waals surface area contributed by atoms with Crippen molar-refractivity contribution in [3.8, 4) is 11.5 Å². The van der Waals surface area contributed by atoms with Gasteiger partial charge in [0.2, 0.25) is 0 Å². The van der Waals surface area contributed by atoms with Gasteiger partial charge in [-0.25, -0.2) is 0 Å². The molecule has 0 spiro atoms. The minimum atomic E-state index is -0.585. The number of hydrogen-bond acceptors (Lipinski definition) is 5. The average molecular weight is 382 g/mol. The number of hydrogen-bond donors (Lipinski definition) is 3. The number of aromatic hydroxyl groups is 1. The molecule has 0 aliphatic heterocycles. The number of ether oxygens (including phenoxy) is 2. The molecule has 1 atom stereocenters. The first kappa shape index (κ1) is 19.3. The van der Waals surface area contributed by atoms with Crippen molar-refractivity contribution in [2.75, 3.05) is 14.2 Å². The van der Waals surface area contributed by atoms with Crippen molar-refractivity contribution in [2.45, 2.75) is 18.8 Å². The van der Waals surface area contributed by atoms with E-state index in [1.54, 1.807) is 12.1 Å². The highest BCUT2D eigenvalue weighted by atomic mass is 16.5. The number of aromatic nitrogens is 2. The quantitative estimate of drug-likeness (QED) is 0.545. The second-order valence-electron chi connectivity index (χ2n) is 6.40. The van der Waals surface area contributed by atoms with Gasteiger partial charge >= 0.3 is 5.97 Å². The van der Waals surface area contributed by atoms with Gasteiger partial charge in [0.1, 0.15) is 0 Å². The Morgan fingerprint density at radius 3 is 2.50 bits per heavy atom. The van der Waals surface area contributed by atoms with Crippen molar-refractivity contribution in [1.29, 1.82) is 0 Å². The molecule has 2 aromatic carbocycles. The van der Waals surface area contributed by atoms with Gasteiger partial charge in [0, 0.05) is 23.6 Å². The molecule has 0 unspecified atom stereocenters. The third-order valence-electron chi connectivity index (χ3n) is 4.67. The number of H-pyrrole nitrogens is 2. The Hall–Kier alpha value is -3.48. The minimum Gasteiger partial charge on any atom is -0.504 e. The Balaban J connectivity index is 2.06. The number of aromatic amines is 2. The van der Waals surface area contributed by atoms with Gasteiger partial charge in [0.15, 0.2) is 11.5 Å². The maximum Gasteiger partial charge on any atom is 0.306 e. The van der Waals surface area contributed by atoms with E-state index in [9.17, 15) is 14.7 Å². The summed E-state index contributed by atoms with van der Waals surface area (Å²) >= 11 is 0. The van der Waals surface area contributed by atoms with Gasteiger partial charge in [-0.05, 0) is 23.3 Å². The van der Waals surface area contributed by atoms with Crippen LogP contribution in [0.1, 0.15) is 34.7 Å². The molecule has 3 aromatic rings. The monoisotopic (exact) mass is 382 g/mol. The second-order valence-corrected chi connectivity index (χ2v) is 6.40. The highest BCUT2D eigenvalue weighted by Gasteiger charge is 2.26. The molecule has 0 amide bonds. The van der Waals surface area contributed by atoms with Gasteiger partial charge in [0.05, 0.1) is 20.6 Å². The van der Waals surface area contributed by atoms with Crippen LogP contribution in [0.4, 0.5) is 0 Å². The van der Waals surface area contributed by atoms with Crippen molar-refractivity contribution >= 4 is 5.97 Å². The van der Waals surface area contributed by atoms with Crippen LogP contribution in [0.25, 0.3) is 0 Å². The summed E-state index contributed by atoms with van der Waals surface area (Å²) in [6, 6.07) is 14.5. The van der Waals surface area contributed by atoms with Crippen molar-refractivity contribution in [2.24, 2.45) is 0 Å². The molecule has 0 aliphatic carbocycles. The van der Waals surface area contributed by atoms with E-state index in [0.29, 0.717) is 29.0 Å². The fourth-order valence-electron chi connectivity index (χ4n) is 3.27. The second kappa shape index (κ2) is 8.47. The van der Waals surface area contributed by atoms with Crippen molar-refractivity contribution in [3.05, 3.63) is 81.3 Å². The van der Waals surface area contributed by atoms with E-state index in [2.05, 4.69) is 10.2 Å². The van der Waals surface area contributed by atoms with E-state index in [1.807, 2.05) is 30.3 Å². The summed E-state index contributed by atoms with van der Waals surface area (Å²) in [4.78, 5) is 24.6. The summed E-state index contributed by atoms with van der Waals surface area (Å²) in [5, 5.41) is 15.7. The lowest BCUT2D eigenvalue weighted by molar-refractivity contribution is -0.140. The molecule has 0 radical (unpaired) electrons. The molecule has 1 heterocycles. The van der Waals surface area contributed by atoms with Gasteiger partial charge in [-0.2, -0.15) is 0 Å². The molecule has 28 heavy (non-hydrogen) atoms. The molecule has 3 N–H and O–H groups in total. The Morgan fingerprint density at radius 2 is 1.86 bits per heavy atom. The van der Waals surface area contributed by atoms with E-state index in [4.69, 9.17) is 9.47 Å². The topological polar surface area (TPSA) is 104 Å². The van der Waals surface area contributed by atoms with E-state index in [-0.39, 0.29) is 17.7 Å². The molecule has 3 rings (SSSR count). The largest absolute Gasteiger partial charge is 0.504 e. The number of nitrogens with one attached hydrogen (secondary N) is 2. The first-order valence-electron chi connectivity index (χ1n) is 8.80. The van der Waals surface area contributed by atoms with Gasteiger partial charge < -0.3 is 19.7 Å². The first-order chi connectivity index (χ1) is 13.5. The van der Waals surface area contributed by atoms with Gasteiger partial charge in [-0.1, -0.05) is 36.4 Å². The summed E-state index contributed by atoms with van der Waals surface area (Å²) in [6.07, 6.45) is 0.458. The van der Waals surface area contributed by atoms with E-state index in [0.717, 1.165) is 5.56 Å². The first-order valence-corrected chi connectivity index (χ1v) is 8.80. The van der Waals surface area contributed by atoms with Crippen LogP contribution in [0, 0.1) is 0 Å². The van der Waals surface area contributed by atoms with Gasteiger partial charge in [-0.3, -0.25) is 14.7 Å². The normalized spacial score (nSPS) is 11.8. The van der Waals surface area contributed by atoms with Crippen LogP contribution in [0.15, 0.2) is 53.3 Å². The molecule has 146 valence electrons. The van der Waals surface area contributed by atoms with Crippen LogP contribution >= 0.6 is 0 Å². The maximum atomic E-state index is 12.6. The van der Waals surface area contributed by atoms with Crippen LogP contribution in [0.3, 0.4) is 0 Å². The zero-order valence-corrected chi connectivity index (χ0v) is 15.7. The zero-order valence-electron chi connectivity index (χ0n) is 15.7. The number of carbonyl (C=O) groups excluding carboxylic acids is 1. The lowest BCUT2D eigenvalue weighted by Gasteiger charge is -2.17. The fraction of sp³-hybridized carbons (Fsp3) is 0.238. The lowest BCUT2D eigenvalue weighted by Crippen LogP contribution is -2.18. The molecule has 0 saturated heterocycles. The summed E-state index contributed by atoms with van der Waals surface area (Å²) < 4.78 is 9.91. The SMILES string of the molecule is COC(=O)C[C@H](c1ccc(OC)c(O)c1)c1c(Cc2ccccc2)[nH][nH]c1=O. The summed E-state index contributed by atoms with van der Waals surface area (Å²) in [5.74, 6) is -0.788. The maximum absolute atomic E-state index is 12.6. The van der Waals surface area contributed by atoms with Crippen molar-refractivity contribution in [1.82, 2.24) is 10.2 Å². The zero-order chi connectivity index (χ0) is 20.1. The van der Waals surface area contributed by atoms with Crippen molar-refractivity contribution < 1.29 is 19.4 Å². The Kier molecular flexibility index (Phi) is 5.84. The van der Waals surface area contributed by atoms with E-state index < -0.39 is 11.9 Å². The van der Waals surface area contributed by atoms with Crippen LogP contribution in [0.2, 0.25) is 0 Å². The molecule has 0 saturated carbocycles. The van der Waals surface area contributed by atoms with Crippen molar-refractivity contribution in [3.63, 3.8) is 0 Å². The number of phenols is 1. The van der Waals surface area contributed by atoms with Gasteiger partial charge in [0.25, 0.3) is 5.56 Å². The van der Waals surface area contributed by atoms with Gasteiger partial charge in [-0.15, -0.1) is 0 Å². The highest BCUT2D eigenvalue weighted by Crippen LogP contribution is 2.34. The summed E-state index contributed by atoms with van der Waals surface area (Å²) in [5.41, 5.74) is 2.45. The smallest absolute Gasteiger partial charge is 0.306 e. The molecule has 7 nitrogen and oxygen atoms in total. The predicted octanol–water partition coefficient (Wildman–Crippen LogP) is 2.70. The molecule has 0 fully saturated rings. The Morgan fingerprint density at radius 1 is 1.11 bits per heavy atom. The molecular formula is C21H22N2O5. The lowest BCUT2D eigenvalue weighted by atomic mass is 9.87. The highest BCUT2D eigenvalue weighted by molar-refractivity contribution is 5.71. The molecule has 0 bridgehead atoms. The van der Waals surface area contributed by atoms with Crippen LogP contribution in [-0.2, 0) is 16.0 Å². The number of benzene rings is 2. The number of rotatable bonds is 7. The van der Waals surface area contributed by atoms with Crippen LogP contribution in [0.5, 0.6) is 11.5 Å². The average Bonchev–Trinajstić information content (AvgIpc) is 3.06. The standard InChI is InChI=1S/C21H22N2O5/c1-27-18-9-8-14(11-17(18)24)15(12-19(25)28-2)20-16(22-23-21(20)26)10-13-6-4-3-5-7-13/h3-9,11,15,24H,10,12H2,1-2H3,(H2,22,23,26)/t15-/m1/s1. The number of carbonyl (C=O) groups is 1. The molecule has 1 aromatic heterocycles. The van der Waals surface area contributed by atoms with Crippen LogP contribution < -0.4 is 10.3 Å². The fourth-order valence-corrected chi connectivity index (χ4v) is 3.27. The predicted molar refractivity (Wildman–Crippen MR) is 104 cm³/mol. The summed E-state index contributed by atoms with van der Waals surface area (Å²) in [6.45, 7) is 0.